The summed E-state index contributed by atoms with van der Waals surface area (Å²) in [6, 6.07) is 15.6. The maximum Gasteiger partial charge on any atom is 0.270 e. The molecular weight excluding hydrogens is 364 g/mol. The molecule has 2 aromatic carbocycles. The largest absolute Gasteiger partial charge is 0.496 e. The van der Waals surface area contributed by atoms with Crippen LogP contribution in [0, 0.1) is 20.8 Å². The average molecular weight is 390 g/mol. The van der Waals surface area contributed by atoms with Crippen LogP contribution in [0.1, 0.15) is 33.0 Å². The van der Waals surface area contributed by atoms with Gasteiger partial charge in [0.2, 0.25) is 0 Å². The third kappa shape index (κ3) is 5.31. The van der Waals surface area contributed by atoms with Gasteiger partial charge in [0.05, 0.1) is 7.11 Å². The topological polar surface area (TPSA) is 76.1 Å². The molecule has 0 fully saturated rings. The molecule has 1 amide bonds. The van der Waals surface area contributed by atoms with Crippen molar-refractivity contribution < 1.29 is 9.53 Å². The summed E-state index contributed by atoms with van der Waals surface area (Å²) < 4.78 is 5.35. The zero-order valence-corrected chi connectivity index (χ0v) is 17.2. The van der Waals surface area contributed by atoms with Crippen molar-refractivity contribution in [3.63, 3.8) is 0 Å². The van der Waals surface area contributed by atoms with E-state index in [9.17, 15) is 4.79 Å². The molecule has 0 aliphatic rings. The molecule has 150 valence electrons. The summed E-state index contributed by atoms with van der Waals surface area (Å²) in [7, 11) is 1.64. The molecule has 3 aromatic rings. The SMILES string of the molecule is COc1ccccc1CCNC(=O)c1cc(Nc2cc(C)ccc2C)nc(C)n1. The number of anilines is 2. The Labute approximate surface area is 171 Å². The van der Waals surface area contributed by atoms with Gasteiger partial charge in [-0.3, -0.25) is 4.79 Å². The molecule has 1 aromatic heterocycles. The molecule has 6 heteroatoms. The molecule has 2 N–H and O–H groups in total. The Morgan fingerprint density at radius 2 is 1.83 bits per heavy atom. The number of aryl methyl sites for hydroxylation is 3. The van der Waals surface area contributed by atoms with Gasteiger partial charge in [-0.2, -0.15) is 0 Å². The lowest BCUT2D eigenvalue weighted by Crippen LogP contribution is -2.27. The Hall–Kier alpha value is -3.41. The molecule has 0 atom stereocenters. The summed E-state index contributed by atoms with van der Waals surface area (Å²) >= 11 is 0. The van der Waals surface area contributed by atoms with Gasteiger partial charge in [-0.05, 0) is 56.0 Å². The van der Waals surface area contributed by atoms with Crippen molar-refractivity contribution in [1.82, 2.24) is 15.3 Å². The van der Waals surface area contributed by atoms with Gasteiger partial charge in [0, 0.05) is 18.3 Å². The number of nitrogens with one attached hydrogen (secondary N) is 2. The Morgan fingerprint density at radius 1 is 1.03 bits per heavy atom. The molecule has 3 rings (SSSR count). The van der Waals surface area contributed by atoms with Crippen molar-refractivity contribution in [2.45, 2.75) is 27.2 Å². The quantitative estimate of drug-likeness (QED) is 0.634. The van der Waals surface area contributed by atoms with Crippen LogP contribution < -0.4 is 15.4 Å². The number of ether oxygens (including phenoxy) is 1. The number of aromatic nitrogens is 2. The predicted octanol–water partition coefficient (Wildman–Crippen LogP) is 4.13. The molecule has 0 bridgehead atoms. The van der Waals surface area contributed by atoms with Crippen LogP contribution in [0.4, 0.5) is 11.5 Å². The first-order valence-electron chi connectivity index (χ1n) is 9.56. The van der Waals surface area contributed by atoms with E-state index in [2.05, 4.69) is 38.8 Å². The van der Waals surface area contributed by atoms with Crippen molar-refractivity contribution in [3.8, 4) is 5.75 Å². The number of rotatable bonds is 7. The van der Waals surface area contributed by atoms with Crippen LogP contribution in [0.15, 0.2) is 48.5 Å². The number of methoxy groups -OCH3 is 1. The van der Waals surface area contributed by atoms with Crippen LogP contribution in [0.5, 0.6) is 5.75 Å². The first-order valence-corrected chi connectivity index (χ1v) is 9.56. The molecule has 0 saturated heterocycles. The monoisotopic (exact) mass is 390 g/mol. The van der Waals surface area contributed by atoms with E-state index < -0.39 is 0 Å². The van der Waals surface area contributed by atoms with Gasteiger partial charge in [0.25, 0.3) is 5.91 Å². The second kappa shape index (κ2) is 9.19. The lowest BCUT2D eigenvalue weighted by atomic mass is 10.1. The number of nitrogens with zero attached hydrogens (tertiary/aromatic N) is 2. The normalized spacial score (nSPS) is 10.5. The van der Waals surface area contributed by atoms with Gasteiger partial charge in [0.1, 0.15) is 23.1 Å². The van der Waals surface area contributed by atoms with E-state index in [4.69, 9.17) is 4.74 Å². The van der Waals surface area contributed by atoms with E-state index in [1.807, 2.05) is 38.1 Å². The Morgan fingerprint density at radius 3 is 2.62 bits per heavy atom. The zero-order chi connectivity index (χ0) is 20.8. The molecule has 0 saturated carbocycles. The van der Waals surface area contributed by atoms with Gasteiger partial charge in [-0.15, -0.1) is 0 Å². The molecule has 0 unspecified atom stereocenters. The van der Waals surface area contributed by atoms with Crippen molar-refractivity contribution in [2.24, 2.45) is 0 Å². The first-order chi connectivity index (χ1) is 14.0. The fourth-order valence-electron chi connectivity index (χ4n) is 3.07. The minimum absolute atomic E-state index is 0.227. The highest BCUT2D eigenvalue weighted by molar-refractivity contribution is 5.93. The van der Waals surface area contributed by atoms with Crippen LogP contribution in [-0.4, -0.2) is 29.5 Å². The van der Waals surface area contributed by atoms with Crippen molar-refractivity contribution >= 4 is 17.4 Å². The van der Waals surface area contributed by atoms with E-state index in [0.29, 0.717) is 30.3 Å². The predicted molar refractivity (Wildman–Crippen MR) is 115 cm³/mol. The minimum Gasteiger partial charge on any atom is -0.496 e. The summed E-state index contributed by atoms with van der Waals surface area (Å²) in [6.07, 6.45) is 0.674. The van der Waals surface area contributed by atoms with Crippen LogP contribution in [0.25, 0.3) is 0 Å². The molecule has 0 spiro atoms. The highest BCUT2D eigenvalue weighted by Crippen LogP contribution is 2.21. The Bertz CT molecular complexity index is 1020. The lowest BCUT2D eigenvalue weighted by molar-refractivity contribution is 0.0948. The zero-order valence-electron chi connectivity index (χ0n) is 17.2. The number of amides is 1. The Kier molecular flexibility index (Phi) is 6.44. The number of benzene rings is 2. The minimum atomic E-state index is -0.227. The second-order valence-corrected chi connectivity index (χ2v) is 6.95. The average Bonchev–Trinajstić information content (AvgIpc) is 2.70. The molecule has 6 nitrogen and oxygen atoms in total. The molecule has 1 heterocycles. The van der Waals surface area contributed by atoms with Crippen LogP contribution in [0.2, 0.25) is 0 Å². The summed E-state index contributed by atoms with van der Waals surface area (Å²) in [5, 5.41) is 6.22. The maximum absolute atomic E-state index is 12.6. The summed E-state index contributed by atoms with van der Waals surface area (Å²) in [6.45, 7) is 6.33. The first kappa shape index (κ1) is 20.3. The molecule has 29 heavy (non-hydrogen) atoms. The number of carbonyl (C=O) groups excluding carboxylic acids is 1. The van der Waals surface area contributed by atoms with Gasteiger partial charge in [-0.25, -0.2) is 9.97 Å². The third-order valence-corrected chi connectivity index (χ3v) is 4.60. The fourth-order valence-corrected chi connectivity index (χ4v) is 3.07. The summed E-state index contributed by atoms with van der Waals surface area (Å²) in [5.41, 5.74) is 4.61. The molecular formula is C23H26N4O2. The van der Waals surface area contributed by atoms with Crippen LogP contribution in [0.3, 0.4) is 0 Å². The highest BCUT2D eigenvalue weighted by Gasteiger charge is 2.12. The number of hydrogen-bond donors (Lipinski definition) is 2. The Balaban J connectivity index is 1.68. The summed E-state index contributed by atoms with van der Waals surface area (Å²) in [5.74, 6) is 1.73. The highest BCUT2D eigenvalue weighted by atomic mass is 16.5. The number of carbonyl (C=O) groups is 1. The fraction of sp³-hybridized carbons (Fsp3) is 0.261. The van der Waals surface area contributed by atoms with Gasteiger partial charge >= 0.3 is 0 Å². The van der Waals surface area contributed by atoms with E-state index in [1.54, 1.807) is 20.1 Å². The van der Waals surface area contributed by atoms with Crippen molar-refractivity contribution in [1.29, 1.82) is 0 Å². The van der Waals surface area contributed by atoms with Crippen LogP contribution >= 0.6 is 0 Å². The maximum atomic E-state index is 12.6. The van der Waals surface area contributed by atoms with Crippen LogP contribution in [-0.2, 0) is 6.42 Å². The van der Waals surface area contributed by atoms with Gasteiger partial charge in [-0.1, -0.05) is 30.3 Å². The van der Waals surface area contributed by atoms with Crippen molar-refractivity contribution in [3.05, 3.63) is 76.7 Å². The third-order valence-electron chi connectivity index (χ3n) is 4.60. The number of para-hydroxylation sites is 1. The van der Waals surface area contributed by atoms with E-state index in [0.717, 1.165) is 28.1 Å². The van der Waals surface area contributed by atoms with E-state index >= 15 is 0 Å². The molecule has 0 aliphatic carbocycles. The van der Waals surface area contributed by atoms with Crippen molar-refractivity contribution in [2.75, 3.05) is 19.0 Å². The standard InChI is InChI=1S/C23H26N4O2/c1-15-9-10-16(2)19(13-15)27-22-14-20(25-17(3)26-22)23(28)24-12-11-18-7-5-6-8-21(18)29-4/h5-10,13-14H,11-12H2,1-4H3,(H,24,28)(H,25,26,27). The van der Waals surface area contributed by atoms with E-state index in [1.165, 1.54) is 0 Å². The smallest absolute Gasteiger partial charge is 0.270 e. The second-order valence-electron chi connectivity index (χ2n) is 6.95. The van der Waals surface area contributed by atoms with E-state index in [-0.39, 0.29) is 5.91 Å². The lowest BCUT2D eigenvalue weighted by Gasteiger charge is -2.12. The van der Waals surface area contributed by atoms with Gasteiger partial charge in [0.15, 0.2) is 0 Å². The van der Waals surface area contributed by atoms with Gasteiger partial charge < -0.3 is 15.4 Å². The molecule has 0 aliphatic heterocycles. The number of hydrogen-bond acceptors (Lipinski definition) is 5. The molecule has 0 radical (unpaired) electrons. The summed E-state index contributed by atoms with van der Waals surface area (Å²) in [4.78, 5) is 21.3.